The first kappa shape index (κ1) is 62.0. The van der Waals surface area contributed by atoms with E-state index in [1.54, 1.807) is 0 Å². The zero-order valence-electron chi connectivity index (χ0n) is 41.6. The molecule has 16 nitrogen and oxygen atoms in total. The van der Waals surface area contributed by atoms with Crippen LogP contribution in [0, 0.1) is 0 Å². The second-order valence-electron chi connectivity index (χ2n) is 19.7. The van der Waals surface area contributed by atoms with Crippen molar-refractivity contribution in [3.8, 4) is 0 Å². The quantitative estimate of drug-likeness (QED) is 0.0345. The van der Waals surface area contributed by atoms with E-state index in [4.69, 9.17) is 18.9 Å². The van der Waals surface area contributed by atoms with Gasteiger partial charge in [-0.2, -0.15) is 0 Å². The lowest BCUT2D eigenvalue weighted by atomic mass is 9.98. The zero-order valence-corrected chi connectivity index (χ0v) is 41.6. The van der Waals surface area contributed by atoms with E-state index in [0.717, 1.165) is 44.9 Å². The van der Waals surface area contributed by atoms with Crippen molar-refractivity contribution in [2.75, 3.05) is 19.8 Å². The molecule has 16 heteroatoms. The number of nitrogens with one attached hydrogen (secondary N) is 1. The van der Waals surface area contributed by atoms with Crippen LogP contribution < -0.4 is 5.32 Å². The van der Waals surface area contributed by atoms with Crippen molar-refractivity contribution in [2.45, 2.75) is 299 Å². The zero-order chi connectivity index (χ0) is 49.2. The molecule has 1 amide bonds. The van der Waals surface area contributed by atoms with Crippen LogP contribution in [0.15, 0.2) is 0 Å². The summed E-state index contributed by atoms with van der Waals surface area (Å²) in [5.74, 6) is -0.762. The van der Waals surface area contributed by atoms with Gasteiger partial charge in [-0.3, -0.25) is 4.79 Å². The Morgan fingerprint density at radius 3 is 1.40 bits per heavy atom. The minimum absolute atomic E-state index is 0.203. The van der Waals surface area contributed by atoms with Crippen molar-refractivity contribution in [1.82, 2.24) is 5.32 Å². The molecular weight excluding hydrogens is 867 g/mol. The molecule has 0 radical (unpaired) electrons. The molecule has 398 valence electrons. The third kappa shape index (κ3) is 25.2. The van der Waals surface area contributed by atoms with Crippen LogP contribution in [-0.4, -0.2) is 163 Å². The van der Waals surface area contributed by atoms with Gasteiger partial charge in [0, 0.05) is 0 Å². The number of unbranched alkanes of at least 4 members (excludes halogenated alkanes) is 27. The van der Waals surface area contributed by atoms with Crippen LogP contribution in [0.3, 0.4) is 0 Å². The van der Waals surface area contributed by atoms with Crippen LogP contribution in [0.1, 0.15) is 213 Å². The maximum absolute atomic E-state index is 13.3. The van der Waals surface area contributed by atoms with E-state index in [1.807, 2.05) is 0 Å². The molecule has 0 unspecified atom stereocenters. The smallest absolute Gasteiger partial charge is 0.249 e. The first-order valence-corrected chi connectivity index (χ1v) is 27.0. The summed E-state index contributed by atoms with van der Waals surface area (Å²) in [5.41, 5.74) is 0. The summed E-state index contributed by atoms with van der Waals surface area (Å²) in [4.78, 5) is 13.3. The van der Waals surface area contributed by atoms with Crippen molar-refractivity contribution < 1.29 is 74.8 Å². The molecule has 2 aliphatic rings. The Kier molecular flexibility index (Phi) is 35.7. The first-order valence-electron chi connectivity index (χ1n) is 27.0. The first-order chi connectivity index (χ1) is 32.4. The summed E-state index contributed by atoms with van der Waals surface area (Å²) in [6, 6.07) is -1.28. The SMILES string of the molecule is CCCCCCCCCCCCCCCCCCCCC[C@@H](O)C(=O)N[C@@H](CO[C@H]1O[C@H](CO)[C@H](O)[C@H](O[C@@H]2O[C@@H]([C@H](O)CO)[C@H](O)[C@H]2O)[C@H]1O)[C@H](O)[C@H](O)CCCCCCCCCCCC. The highest BCUT2D eigenvalue weighted by molar-refractivity contribution is 5.80. The van der Waals surface area contributed by atoms with Crippen molar-refractivity contribution in [3.63, 3.8) is 0 Å². The molecule has 0 aromatic carbocycles. The Morgan fingerprint density at radius 2 is 0.970 bits per heavy atom. The third-order valence-electron chi connectivity index (χ3n) is 13.7. The van der Waals surface area contributed by atoms with Gasteiger partial charge in [0.05, 0.1) is 32.0 Å². The Balaban J connectivity index is 1.87. The fourth-order valence-electron chi connectivity index (χ4n) is 9.24. The molecule has 0 spiro atoms. The van der Waals surface area contributed by atoms with Crippen LogP contribution in [0.5, 0.6) is 0 Å². The van der Waals surface area contributed by atoms with Crippen LogP contribution in [0.4, 0.5) is 0 Å². The molecule has 0 bridgehead atoms. The second-order valence-corrected chi connectivity index (χ2v) is 19.7. The lowest BCUT2D eigenvalue weighted by Crippen LogP contribution is -2.62. The molecule has 2 fully saturated rings. The van der Waals surface area contributed by atoms with Gasteiger partial charge in [0.15, 0.2) is 12.6 Å². The van der Waals surface area contributed by atoms with Gasteiger partial charge in [0.25, 0.3) is 0 Å². The molecule has 2 aliphatic heterocycles. The van der Waals surface area contributed by atoms with Crippen molar-refractivity contribution in [2.24, 2.45) is 0 Å². The summed E-state index contributed by atoms with van der Waals surface area (Å²) in [6.45, 7) is 2.36. The number of rotatable bonds is 43. The van der Waals surface area contributed by atoms with Crippen LogP contribution in [0.2, 0.25) is 0 Å². The standard InChI is InChI=1S/C51H99NO15/c1-3-5-7-9-11-13-15-16-17-18-19-20-21-22-23-25-27-29-31-33-39(56)49(63)52-37(42(58)38(55)32-30-28-26-24-14-12-10-8-6-4-2)36-64-50-46(62)48(43(59)41(35-54)65-50)67-51-45(61)44(60)47(66-51)40(57)34-53/h37-48,50-51,53-62H,3-36H2,1-2H3,(H,52,63)/t37-,38+,39+,40+,41+,42-,43-,44+,45+,46+,47-,48-,50-,51-/m0/s1. The molecule has 2 saturated heterocycles. The van der Waals surface area contributed by atoms with Gasteiger partial charge in [-0.15, -0.1) is 0 Å². The van der Waals surface area contributed by atoms with Crippen molar-refractivity contribution in [3.05, 3.63) is 0 Å². The van der Waals surface area contributed by atoms with Gasteiger partial charge in [-0.05, 0) is 12.8 Å². The van der Waals surface area contributed by atoms with E-state index in [1.165, 1.54) is 128 Å². The number of hydrogen-bond acceptors (Lipinski definition) is 15. The predicted octanol–water partition coefficient (Wildman–Crippen LogP) is 5.33. The van der Waals surface area contributed by atoms with E-state index < -0.39 is 111 Å². The fraction of sp³-hybridized carbons (Fsp3) is 0.980. The fourth-order valence-corrected chi connectivity index (χ4v) is 9.24. The number of aliphatic hydroxyl groups is 10. The van der Waals surface area contributed by atoms with Gasteiger partial charge in [0.1, 0.15) is 61.0 Å². The monoisotopic (exact) mass is 966 g/mol. The van der Waals surface area contributed by atoms with E-state index in [-0.39, 0.29) is 12.8 Å². The van der Waals surface area contributed by atoms with E-state index in [9.17, 15) is 55.9 Å². The number of ether oxygens (including phenoxy) is 4. The molecule has 0 aromatic heterocycles. The maximum Gasteiger partial charge on any atom is 0.249 e. The van der Waals surface area contributed by atoms with Gasteiger partial charge >= 0.3 is 0 Å². The predicted molar refractivity (Wildman–Crippen MR) is 257 cm³/mol. The normalized spacial score (nSPS) is 26.7. The maximum atomic E-state index is 13.3. The summed E-state index contributed by atoms with van der Waals surface area (Å²) in [6.07, 6.45) is 14.3. The van der Waals surface area contributed by atoms with Gasteiger partial charge in [-0.1, -0.05) is 200 Å². The summed E-state index contributed by atoms with van der Waals surface area (Å²) >= 11 is 0. The minimum Gasteiger partial charge on any atom is -0.394 e. The molecule has 0 aliphatic carbocycles. The van der Waals surface area contributed by atoms with Gasteiger partial charge in [0.2, 0.25) is 5.91 Å². The highest BCUT2D eigenvalue weighted by Gasteiger charge is 2.52. The molecule has 2 rings (SSSR count). The number of hydrogen-bond donors (Lipinski definition) is 11. The molecule has 2 heterocycles. The molecular formula is C51H99NO15. The van der Waals surface area contributed by atoms with Crippen molar-refractivity contribution >= 4 is 5.91 Å². The Bertz CT molecular complexity index is 1180. The highest BCUT2D eigenvalue weighted by atomic mass is 16.7. The average molecular weight is 966 g/mol. The molecule has 11 N–H and O–H groups in total. The Morgan fingerprint density at radius 1 is 0.537 bits per heavy atom. The topological polar surface area (TPSA) is 268 Å². The van der Waals surface area contributed by atoms with Crippen molar-refractivity contribution in [1.29, 1.82) is 0 Å². The molecule has 14 atom stereocenters. The molecule has 0 aromatic rings. The van der Waals surface area contributed by atoms with E-state index in [2.05, 4.69) is 19.2 Å². The third-order valence-corrected chi connectivity index (χ3v) is 13.7. The highest BCUT2D eigenvalue weighted by Crippen LogP contribution is 2.31. The Hall–Kier alpha value is -1.09. The van der Waals surface area contributed by atoms with E-state index >= 15 is 0 Å². The molecule has 0 saturated carbocycles. The lowest BCUT2D eigenvalue weighted by molar-refractivity contribution is -0.332. The van der Waals surface area contributed by atoms with E-state index in [0.29, 0.717) is 12.8 Å². The van der Waals surface area contributed by atoms with Gasteiger partial charge in [-0.25, -0.2) is 0 Å². The van der Waals surface area contributed by atoms with Crippen LogP contribution >= 0.6 is 0 Å². The Labute approximate surface area is 403 Å². The van der Waals surface area contributed by atoms with Crippen LogP contribution in [0.25, 0.3) is 0 Å². The number of carbonyl (C=O) groups is 1. The number of carbonyl (C=O) groups excluding carboxylic acids is 1. The number of amides is 1. The largest absolute Gasteiger partial charge is 0.394 e. The summed E-state index contributed by atoms with van der Waals surface area (Å²) < 4.78 is 22.5. The second kappa shape index (κ2) is 38.6. The van der Waals surface area contributed by atoms with Gasteiger partial charge < -0.3 is 75.3 Å². The average Bonchev–Trinajstić information content (AvgIpc) is 3.61. The summed E-state index contributed by atoms with van der Waals surface area (Å²) in [7, 11) is 0. The lowest BCUT2D eigenvalue weighted by Gasteiger charge is -2.43. The number of aliphatic hydroxyl groups excluding tert-OH is 10. The minimum atomic E-state index is -1.82. The van der Waals surface area contributed by atoms with Crippen LogP contribution in [-0.2, 0) is 23.7 Å². The molecule has 67 heavy (non-hydrogen) atoms. The summed E-state index contributed by atoms with van der Waals surface area (Å²) in [5, 5.41) is 108.